The molecule has 2 aliphatic heterocycles. The van der Waals surface area contributed by atoms with Crippen molar-refractivity contribution in [1.29, 1.82) is 0 Å². The molecule has 2 fully saturated rings. The van der Waals surface area contributed by atoms with Gasteiger partial charge in [-0.25, -0.2) is 0 Å². The van der Waals surface area contributed by atoms with Gasteiger partial charge in [0.25, 0.3) is 0 Å². The van der Waals surface area contributed by atoms with Gasteiger partial charge in [-0.3, -0.25) is 4.98 Å². The highest BCUT2D eigenvalue weighted by molar-refractivity contribution is 6.42. The van der Waals surface area contributed by atoms with Crippen molar-refractivity contribution in [2.45, 2.75) is 43.2 Å². The molecule has 3 heterocycles. The van der Waals surface area contributed by atoms with Crippen molar-refractivity contribution in [2.75, 3.05) is 26.4 Å². The van der Waals surface area contributed by atoms with Gasteiger partial charge in [-0.1, -0.05) is 35.3 Å². The third-order valence-electron chi connectivity index (χ3n) is 6.02. The van der Waals surface area contributed by atoms with Crippen LogP contribution in [0.15, 0.2) is 42.6 Å². The van der Waals surface area contributed by atoms with Gasteiger partial charge in [0, 0.05) is 43.5 Å². The summed E-state index contributed by atoms with van der Waals surface area (Å²) in [7, 11) is 0. The zero-order chi connectivity index (χ0) is 19.5. The van der Waals surface area contributed by atoms with Crippen molar-refractivity contribution in [2.24, 2.45) is 0 Å². The molecule has 150 valence electrons. The van der Waals surface area contributed by atoms with Crippen molar-refractivity contribution in [3.8, 4) is 0 Å². The molecule has 0 radical (unpaired) electrons. The van der Waals surface area contributed by atoms with E-state index in [1.807, 2.05) is 30.5 Å². The lowest BCUT2D eigenvalue weighted by Gasteiger charge is -2.45. The van der Waals surface area contributed by atoms with E-state index in [-0.39, 0.29) is 11.0 Å². The van der Waals surface area contributed by atoms with Crippen molar-refractivity contribution in [1.82, 2.24) is 10.3 Å². The Morgan fingerprint density at radius 2 is 2.00 bits per heavy atom. The molecule has 4 rings (SSSR count). The zero-order valence-corrected chi connectivity index (χ0v) is 17.4. The van der Waals surface area contributed by atoms with Crippen LogP contribution < -0.4 is 5.32 Å². The topological polar surface area (TPSA) is 43.4 Å². The van der Waals surface area contributed by atoms with Gasteiger partial charge in [-0.2, -0.15) is 0 Å². The Morgan fingerprint density at radius 1 is 1.07 bits per heavy atom. The van der Waals surface area contributed by atoms with Gasteiger partial charge in [0.1, 0.15) is 0 Å². The number of pyridine rings is 1. The van der Waals surface area contributed by atoms with Gasteiger partial charge in [0.15, 0.2) is 0 Å². The average molecular weight is 421 g/mol. The van der Waals surface area contributed by atoms with Gasteiger partial charge in [0.2, 0.25) is 0 Å². The average Bonchev–Trinajstić information content (AvgIpc) is 3.16. The maximum atomic E-state index is 6.20. The minimum absolute atomic E-state index is 0.0118. The second-order valence-electron chi connectivity index (χ2n) is 7.93. The smallest absolute Gasteiger partial charge is 0.0945 e. The molecule has 0 unspecified atom stereocenters. The number of halogens is 2. The second kappa shape index (κ2) is 8.68. The highest BCUT2D eigenvalue weighted by Crippen LogP contribution is 2.46. The van der Waals surface area contributed by atoms with Crippen molar-refractivity contribution >= 4 is 23.2 Å². The summed E-state index contributed by atoms with van der Waals surface area (Å²) in [5, 5.41) is 4.75. The van der Waals surface area contributed by atoms with Crippen LogP contribution in [0.4, 0.5) is 0 Å². The summed E-state index contributed by atoms with van der Waals surface area (Å²) in [6.07, 6.45) is 5.83. The minimum Gasteiger partial charge on any atom is -0.378 e. The first-order valence-corrected chi connectivity index (χ1v) is 10.6. The Bertz CT molecular complexity index is 796. The fourth-order valence-corrected chi connectivity index (χ4v) is 4.83. The van der Waals surface area contributed by atoms with Crippen LogP contribution in [0.2, 0.25) is 10.0 Å². The lowest BCUT2D eigenvalue weighted by atomic mass is 9.68. The predicted molar refractivity (Wildman–Crippen MR) is 112 cm³/mol. The van der Waals surface area contributed by atoms with Crippen LogP contribution in [-0.2, 0) is 21.4 Å². The maximum Gasteiger partial charge on any atom is 0.0945 e. The summed E-state index contributed by atoms with van der Waals surface area (Å²) < 4.78 is 11.9. The number of rotatable bonds is 6. The number of nitrogens with one attached hydrogen (secondary N) is 1. The van der Waals surface area contributed by atoms with E-state index in [2.05, 4.69) is 17.4 Å². The number of hydrogen-bond donors (Lipinski definition) is 1. The molecule has 0 amide bonds. The predicted octanol–water partition coefficient (Wildman–Crippen LogP) is 4.78. The molecule has 28 heavy (non-hydrogen) atoms. The Balaban J connectivity index is 1.45. The lowest BCUT2D eigenvalue weighted by molar-refractivity contribution is -0.109. The molecule has 2 aliphatic rings. The Morgan fingerprint density at radius 3 is 2.75 bits per heavy atom. The van der Waals surface area contributed by atoms with Crippen molar-refractivity contribution < 1.29 is 9.47 Å². The molecule has 0 aliphatic carbocycles. The first-order valence-electron chi connectivity index (χ1n) is 9.89. The summed E-state index contributed by atoms with van der Waals surface area (Å²) >= 11 is 12.1. The van der Waals surface area contributed by atoms with Gasteiger partial charge in [0.05, 0.1) is 22.3 Å². The molecule has 6 heteroatoms. The number of hydrogen-bond acceptors (Lipinski definition) is 4. The SMILES string of the molecule is Clc1ccc(CNCC[C@@]2(c3ccccn3)CCO[C@]3(CCOC3)C2)cc1Cl. The molecule has 1 aromatic heterocycles. The largest absolute Gasteiger partial charge is 0.378 e. The minimum atomic E-state index is -0.153. The summed E-state index contributed by atoms with van der Waals surface area (Å²) in [4.78, 5) is 4.73. The number of benzene rings is 1. The highest BCUT2D eigenvalue weighted by atomic mass is 35.5. The summed E-state index contributed by atoms with van der Waals surface area (Å²) in [5.41, 5.74) is 2.16. The molecule has 2 atom stereocenters. The van der Waals surface area contributed by atoms with E-state index in [0.29, 0.717) is 16.7 Å². The van der Waals surface area contributed by atoms with Gasteiger partial charge < -0.3 is 14.8 Å². The van der Waals surface area contributed by atoms with E-state index in [0.717, 1.165) is 57.6 Å². The Hall–Kier alpha value is -1.17. The molecular formula is C22H26Cl2N2O2. The Labute approximate surface area is 176 Å². The normalized spacial score (nSPS) is 27.4. The van der Waals surface area contributed by atoms with Crippen LogP contribution in [-0.4, -0.2) is 37.0 Å². The van der Waals surface area contributed by atoms with Gasteiger partial charge >= 0.3 is 0 Å². The molecule has 1 aromatic carbocycles. The van der Waals surface area contributed by atoms with Crippen LogP contribution in [0.25, 0.3) is 0 Å². The van der Waals surface area contributed by atoms with Crippen LogP contribution in [0.1, 0.15) is 36.9 Å². The van der Waals surface area contributed by atoms with E-state index < -0.39 is 0 Å². The quantitative estimate of drug-likeness (QED) is 0.682. The molecule has 0 saturated carbocycles. The van der Waals surface area contributed by atoms with Gasteiger partial charge in [-0.15, -0.1) is 0 Å². The molecule has 1 spiro atoms. The third kappa shape index (κ3) is 4.37. The zero-order valence-electron chi connectivity index (χ0n) is 15.9. The van der Waals surface area contributed by atoms with E-state index in [1.54, 1.807) is 0 Å². The fourth-order valence-electron chi connectivity index (χ4n) is 4.51. The van der Waals surface area contributed by atoms with E-state index in [4.69, 9.17) is 37.7 Å². The van der Waals surface area contributed by atoms with Crippen molar-refractivity contribution in [3.63, 3.8) is 0 Å². The third-order valence-corrected chi connectivity index (χ3v) is 6.76. The second-order valence-corrected chi connectivity index (χ2v) is 8.75. The number of aromatic nitrogens is 1. The molecule has 2 saturated heterocycles. The molecule has 0 bridgehead atoms. The first-order chi connectivity index (χ1) is 13.6. The van der Waals surface area contributed by atoms with Gasteiger partial charge in [-0.05, 0) is 55.6 Å². The monoisotopic (exact) mass is 420 g/mol. The highest BCUT2D eigenvalue weighted by Gasteiger charge is 2.49. The van der Waals surface area contributed by atoms with Crippen LogP contribution in [0.5, 0.6) is 0 Å². The van der Waals surface area contributed by atoms with Crippen molar-refractivity contribution in [3.05, 3.63) is 63.9 Å². The number of ether oxygens (including phenoxy) is 2. The van der Waals surface area contributed by atoms with E-state index in [9.17, 15) is 0 Å². The standard InChI is InChI=1S/C22H26Cl2N2O2/c23-18-5-4-17(13-19(18)24)14-25-10-6-21(20-3-1-2-9-26-20)7-12-28-22(15-21)8-11-27-16-22/h1-5,9,13,25H,6-8,10-12,14-16H2/t21-,22-/m1/s1. The van der Waals surface area contributed by atoms with Crippen LogP contribution in [0.3, 0.4) is 0 Å². The molecule has 4 nitrogen and oxygen atoms in total. The Kier molecular flexibility index (Phi) is 6.24. The van der Waals surface area contributed by atoms with E-state index >= 15 is 0 Å². The molecule has 2 aromatic rings. The summed E-state index contributed by atoms with van der Waals surface area (Å²) in [6.45, 7) is 3.90. The van der Waals surface area contributed by atoms with E-state index in [1.165, 1.54) is 5.69 Å². The molecule has 1 N–H and O–H groups in total. The first kappa shape index (κ1) is 20.1. The maximum absolute atomic E-state index is 6.20. The fraction of sp³-hybridized carbons (Fsp3) is 0.500. The number of nitrogens with zero attached hydrogens (tertiary/aromatic N) is 1. The van der Waals surface area contributed by atoms with Crippen LogP contribution in [0, 0.1) is 0 Å². The molecular weight excluding hydrogens is 395 g/mol. The summed E-state index contributed by atoms with van der Waals surface area (Å²) in [5.74, 6) is 0. The lowest BCUT2D eigenvalue weighted by Crippen LogP contribution is -2.49. The van der Waals surface area contributed by atoms with Crippen LogP contribution >= 0.6 is 23.2 Å². The summed E-state index contributed by atoms with van der Waals surface area (Å²) in [6, 6.07) is 12.0.